The van der Waals surface area contributed by atoms with Crippen LogP contribution in [-0.2, 0) is 17.9 Å². The maximum Gasteiger partial charge on any atom is 0.246 e. The Labute approximate surface area is 152 Å². The summed E-state index contributed by atoms with van der Waals surface area (Å²) < 4.78 is 17.2. The predicted octanol–water partition coefficient (Wildman–Crippen LogP) is 3.29. The van der Waals surface area contributed by atoms with Gasteiger partial charge in [-0.2, -0.15) is 10.2 Å². The van der Waals surface area contributed by atoms with E-state index in [-0.39, 0.29) is 18.3 Å². The molecule has 1 amide bonds. The number of nitrogens with zero attached hydrogens (tertiary/aromatic N) is 4. The Morgan fingerprint density at radius 1 is 1.28 bits per heavy atom. The van der Waals surface area contributed by atoms with E-state index in [9.17, 15) is 9.18 Å². The van der Waals surface area contributed by atoms with E-state index >= 15 is 0 Å². The maximum atomic E-state index is 13.0. The summed E-state index contributed by atoms with van der Waals surface area (Å²) in [6.45, 7) is 4.36. The van der Waals surface area contributed by atoms with E-state index in [4.69, 9.17) is 0 Å². The molecule has 3 rings (SSSR count). The molecule has 0 unspecified atom stereocenters. The lowest BCUT2D eigenvalue weighted by atomic mass is 10.2. The molecule has 1 aromatic carbocycles. The summed E-state index contributed by atoms with van der Waals surface area (Å²) in [7, 11) is 0. The summed E-state index contributed by atoms with van der Waals surface area (Å²) in [5.41, 5.74) is 3.20. The molecule has 0 fully saturated rings. The molecule has 6 nitrogen and oxygen atoms in total. The number of anilines is 1. The van der Waals surface area contributed by atoms with Gasteiger partial charge in [-0.15, -0.1) is 0 Å². The molecule has 0 saturated heterocycles. The fourth-order valence-electron chi connectivity index (χ4n) is 2.55. The Morgan fingerprint density at radius 3 is 2.64 bits per heavy atom. The average Bonchev–Trinajstić information content (AvgIpc) is 3.08. The maximum absolute atomic E-state index is 13.0. The van der Waals surface area contributed by atoms with Gasteiger partial charge in [0.2, 0.25) is 5.91 Å². The highest BCUT2D eigenvalue weighted by Crippen LogP contribution is 2.20. The summed E-state index contributed by atoms with van der Waals surface area (Å²) in [5, 5.41) is 11.4. The van der Waals surface area contributed by atoms with Gasteiger partial charge < -0.3 is 5.32 Å². The number of amides is 1. The second kappa shape index (κ2) is 7.18. The Morgan fingerprint density at radius 2 is 2.00 bits per heavy atom. The van der Waals surface area contributed by atoms with Crippen LogP contribution in [0.1, 0.15) is 17.0 Å². The molecule has 0 aliphatic carbocycles. The van der Waals surface area contributed by atoms with Crippen LogP contribution in [0.25, 0.3) is 0 Å². The molecule has 8 heteroatoms. The molecule has 0 spiro atoms. The Balaban J connectivity index is 1.72. The standard InChI is InChI=1S/C17H17BrFN5O/c1-11-17(21-16(25)10-23-9-14(18)7-20-23)12(2)24(22-11)8-13-3-5-15(19)6-4-13/h3-7,9H,8,10H2,1-2H3,(H,21,25). The first-order valence-corrected chi connectivity index (χ1v) is 8.48. The second-order valence-corrected chi connectivity index (χ2v) is 6.65. The highest BCUT2D eigenvalue weighted by molar-refractivity contribution is 9.10. The topological polar surface area (TPSA) is 64.7 Å². The Kier molecular flexibility index (Phi) is 4.98. The van der Waals surface area contributed by atoms with Crippen LogP contribution >= 0.6 is 15.9 Å². The van der Waals surface area contributed by atoms with Gasteiger partial charge >= 0.3 is 0 Å². The quantitative estimate of drug-likeness (QED) is 0.708. The Bertz CT molecular complexity index is 900. The van der Waals surface area contributed by atoms with Crippen molar-refractivity contribution in [3.63, 3.8) is 0 Å². The third-order valence-electron chi connectivity index (χ3n) is 3.80. The van der Waals surface area contributed by atoms with E-state index in [1.807, 2.05) is 13.8 Å². The molecule has 2 aromatic heterocycles. The number of hydrogen-bond acceptors (Lipinski definition) is 3. The van der Waals surface area contributed by atoms with Gasteiger partial charge in [-0.05, 0) is 47.5 Å². The molecule has 0 bridgehead atoms. The van der Waals surface area contributed by atoms with Crippen LogP contribution in [0.5, 0.6) is 0 Å². The monoisotopic (exact) mass is 405 g/mol. The first kappa shape index (κ1) is 17.3. The van der Waals surface area contributed by atoms with E-state index in [0.29, 0.717) is 12.2 Å². The van der Waals surface area contributed by atoms with Gasteiger partial charge in [-0.3, -0.25) is 14.2 Å². The van der Waals surface area contributed by atoms with Gasteiger partial charge in [0.25, 0.3) is 0 Å². The third kappa shape index (κ3) is 4.14. The molecule has 0 aliphatic rings. The molecule has 25 heavy (non-hydrogen) atoms. The highest BCUT2D eigenvalue weighted by Gasteiger charge is 2.15. The summed E-state index contributed by atoms with van der Waals surface area (Å²) in [6, 6.07) is 6.29. The zero-order valence-corrected chi connectivity index (χ0v) is 15.4. The van der Waals surface area contributed by atoms with Crippen molar-refractivity contribution < 1.29 is 9.18 Å². The second-order valence-electron chi connectivity index (χ2n) is 5.73. The number of halogens is 2. The van der Waals surface area contributed by atoms with E-state index < -0.39 is 0 Å². The van der Waals surface area contributed by atoms with Gasteiger partial charge in [-0.25, -0.2) is 4.39 Å². The van der Waals surface area contributed by atoms with Gasteiger partial charge in [0.15, 0.2) is 0 Å². The number of aromatic nitrogens is 4. The van der Waals surface area contributed by atoms with Crippen LogP contribution in [0.3, 0.4) is 0 Å². The Hall–Kier alpha value is -2.48. The van der Waals surface area contributed by atoms with Crippen molar-refractivity contribution in [1.29, 1.82) is 0 Å². The molecule has 0 radical (unpaired) electrons. The smallest absolute Gasteiger partial charge is 0.246 e. The average molecular weight is 406 g/mol. The third-order valence-corrected chi connectivity index (χ3v) is 4.21. The number of benzene rings is 1. The van der Waals surface area contributed by atoms with Crippen LogP contribution in [0.15, 0.2) is 41.1 Å². The number of aryl methyl sites for hydroxylation is 1. The molecule has 3 aromatic rings. The largest absolute Gasteiger partial charge is 0.321 e. The van der Waals surface area contributed by atoms with Crippen molar-refractivity contribution >= 4 is 27.5 Å². The summed E-state index contributed by atoms with van der Waals surface area (Å²) >= 11 is 3.30. The van der Waals surface area contributed by atoms with Crippen LogP contribution in [0.4, 0.5) is 10.1 Å². The normalized spacial score (nSPS) is 10.9. The van der Waals surface area contributed by atoms with E-state index in [1.54, 1.807) is 33.9 Å². The van der Waals surface area contributed by atoms with Crippen LogP contribution in [-0.4, -0.2) is 25.5 Å². The number of carbonyl (C=O) groups excluding carboxylic acids is 1. The summed E-state index contributed by atoms with van der Waals surface area (Å²) in [5.74, 6) is -0.446. The number of carbonyl (C=O) groups is 1. The van der Waals surface area contributed by atoms with Crippen molar-refractivity contribution in [2.45, 2.75) is 26.9 Å². The summed E-state index contributed by atoms with van der Waals surface area (Å²) in [6.07, 6.45) is 3.36. The predicted molar refractivity (Wildman–Crippen MR) is 95.8 cm³/mol. The molecular formula is C17H17BrFN5O. The van der Waals surface area contributed by atoms with Crippen molar-refractivity contribution in [3.05, 3.63) is 63.9 Å². The van der Waals surface area contributed by atoms with E-state index in [1.165, 1.54) is 12.1 Å². The SMILES string of the molecule is Cc1nn(Cc2ccc(F)cc2)c(C)c1NC(=O)Cn1cc(Br)cn1. The molecule has 130 valence electrons. The van der Waals surface area contributed by atoms with Gasteiger partial charge in [0.1, 0.15) is 12.4 Å². The number of nitrogens with one attached hydrogen (secondary N) is 1. The molecule has 2 heterocycles. The van der Waals surface area contributed by atoms with Gasteiger partial charge in [0.05, 0.1) is 34.3 Å². The molecule has 1 N–H and O–H groups in total. The minimum atomic E-state index is -0.268. The molecule has 0 saturated carbocycles. The molecule has 0 atom stereocenters. The van der Waals surface area contributed by atoms with Crippen molar-refractivity contribution in [2.24, 2.45) is 0 Å². The lowest BCUT2D eigenvalue weighted by Gasteiger charge is -2.07. The molecule has 0 aliphatic heterocycles. The zero-order chi connectivity index (χ0) is 18.0. The van der Waals surface area contributed by atoms with Crippen molar-refractivity contribution in [2.75, 3.05) is 5.32 Å². The first-order chi connectivity index (χ1) is 11.9. The van der Waals surface area contributed by atoms with E-state index in [2.05, 4.69) is 31.4 Å². The number of hydrogen-bond donors (Lipinski definition) is 1. The minimum absolute atomic E-state index is 0.119. The highest BCUT2D eigenvalue weighted by atomic mass is 79.9. The fraction of sp³-hybridized carbons (Fsp3) is 0.235. The van der Waals surface area contributed by atoms with Gasteiger partial charge in [0, 0.05) is 6.20 Å². The fourth-order valence-corrected chi connectivity index (χ4v) is 2.87. The van der Waals surface area contributed by atoms with Crippen LogP contribution in [0, 0.1) is 19.7 Å². The van der Waals surface area contributed by atoms with Crippen LogP contribution in [0.2, 0.25) is 0 Å². The lowest BCUT2D eigenvalue weighted by molar-refractivity contribution is -0.116. The van der Waals surface area contributed by atoms with E-state index in [0.717, 1.165) is 21.4 Å². The van der Waals surface area contributed by atoms with Crippen molar-refractivity contribution in [3.8, 4) is 0 Å². The van der Waals surface area contributed by atoms with Crippen LogP contribution < -0.4 is 5.32 Å². The number of rotatable bonds is 5. The minimum Gasteiger partial charge on any atom is -0.321 e. The van der Waals surface area contributed by atoms with Gasteiger partial charge in [-0.1, -0.05) is 12.1 Å². The van der Waals surface area contributed by atoms with Crippen molar-refractivity contribution in [1.82, 2.24) is 19.6 Å². The lowest BCUT2D eigenvalue weighted by Crippen LogP contribution is -2.19. The molecular weight excluding hydrogens is 389 g/mol. The summed E-state index contributed by atoms with van der Waals surface area (Å²) in [4.78, 5) is 12.2. The first-order valence-electron chi connectivity index (χ1n) is 7.68. The zero-order valence-electron chi connectivity index (χ0n) is 13.8.